The lowest BCUT2D eigenvalue weighted by Gasteiger charge is -2.26. The van der Waals surface area contributed by atoms with Gasteiger partial charge in [0.1, 0.15) is 17.9 Å². The van der Waals surface area contributed by atoms with E-state index in [0.29, 0.717) is 66.7 Å². The van der Waals surface area contributed by atoms with Crippen molar-refractivity contribution in [2.24, 2.45) is 0 Å². The van der Waals surface area contributed by atoms with Gasteiger partial charge in [-0.05, 0) is 37.3 Å². The Morgan fingerprint density at radius 2 is 1.81 bits per heavy atom. The number of methoxy groups -OCH3 is 1. The summed E-state index contributed by atoms with van der Waals surface area (Å²) in [6.07, 6.45) is 0. The van der Waals surface area contributed by atoms with Crippen LogP contribution in [-0.2, 0) is 20.9 Å². The molecule has 0 saturated carbocycles. The molecular weight excluding hydrogens is 470 g/mol. The Kier molecular flexibility index (Phi) is 8.06. The van der Waals surface area contributed by atoms with E-state index in [0.717, 1.165) is 0 Å². The van der Waals surface area contributed by atoms with Crippen LogP contribution in [0, 0.1) is 0 Å². The average Bonchev–Trinajstić information content (AvgIpc) is 2.90. The molecule has 1 fully saturated rings. The summed E-state index contributed by atoms with van der Waals surface area (Å²) in [6, 6.07) is 10.9. The number of ether oxygens (including phenoxy) is 5. The van der Waals surface area contributed by atoms with Crippen molar-refractivity contribution in [3.8, 4) is 17.2 Å². The second-order valence-corrected chi connectivity index (χ2v) is 7.91. The third-order valence-electron chi connectivity index (χ3n) is 5.59. The monoisotopic (exact) mass is 497 g/mol. The highest BCUT2D eigenvalue weighted by molar-refractivity contribution is 5.90. The molecule has 0 spiro atoms. The number of hydrogen-bond donors (Lipinski definition) is 0. The average molecular weight is 498 g/mol. The molecule has 0 atom stereocenters. The van der Waals surface area contributed by atoms with Gasteiger partial charge in [-0.15, -0.1) is 0 Å². The fraction of sp³-hybridized carbons (Fsp3) is 0.346. The largest absolute Gasteiger partial charge is 0.497 e. The number of esters is 1. The zero-order chi connectivity index (χ0) is 25.5. The minimum absolute atomic E-state index is 0.135. The summed E-state index contributed by atoms with van der Waals surface area (Å²) in [5, 5.41) is 0.631. The Morgan fingerprint density at radius 1 is 1.00 bits per heavy atom. The van der Waals surface area contributed by atoms with Gasteiger partial charge in [0, 0.05) is 36.2 Å². The Morgan fingerprint density at radius 3 is 2.56 bits per heavy atom. The van der Waals surface area contributed by atoms with Crippen LogP contribution in [0.3, 0.4) is 0 Å². The van der Waals surface area contributed by atoms with Crippen molar-refractivity contribution in [2.45, 2.75) is 13.5 Å². The predicted octanol–water partition coefficient (Wildman–Crippen LogP) is 2.79. The molecular formula is C26H27NO9. The van der Waals surface area contributed by atoms with E-state index in [1.165, 1.54) is 25.3 Å². The SMILES string of the molecule is CCOc1cc(C(=O)OCc2cc(=O)oc3cc(OC)ccc23)ccc1OCC(=O)N1CCOCC1. The van der Waals surface area contributed by atoms with Gasteiger partial charge in [0.25, 0.3) is 5.91 Å². The van der Waals surface area contributed by atoms with E-state index in [-0.39, 0.29) is 24.7 Å². The topological polar surface area (TPSA) is 114 Å². The third-order valence-corrected chi connectivity index (χ3v) is 5.59. The summed E-state index contributed by atoms with van der Waals surface area (Å²) in [7, 11) is 1.51. The summed E-state index contributed by atoms with van der Waals surface area (Å²) in [5.41, 5.74) is 0.510. The molecule has 0 N–H and O–H groups in total. The van der Waals surface area contributed by atoms with Gasteiger partial charge in [0.05, 0.1) is 32.5 Å². The molecule has 10 nitrogen and oxygen atoms in total. The van der Waals surface area contributed by atoms with Crippen LogP contribution >= 0.6 is 0 Å². The van der Waals surface area contributed by atoms with Crippen molar-refractivity contribution in [1.82, 2.24) is 4.90 Å². The van der Waals surface area contributed by atoms with Crippen molar-refractivity contribution < 1.29 is 37.7 Å². The normalized spacial score (nSPS) is 13.3. The van der Waals surface area contributed by atoms with Gasteiger partial charge in [-0.2, -0.15) is 0 Å². The lowest BCUT2D eigenvalue weighted by atomic mass is 10.1. The maximum atomic E-state index is 12.8. The second-order valence-electron chi connectivity index (χ2n) is 7.91. The summed E-state index contributed by atoms with van der Waals surface area (Å²) in [6.45, 7) is 3.91. The number of morpholine rings is 1. The fourth-order valence-corrected chi connectivity index (χ4v) is 3.75. The second kappa shape index (κ2) is 11.6. The molecule has 1 aliphatic rings. The van der Waals surface area contributed by atoms with Crippen molar-refractivity contribution >= 4 is 22.8 Å². The van der Waals surface area contributed by atoms with Crippen LogP contribution in [0.15, 0.2) is 51.7 Å². The van der Waals surface area contributed by atoms with Crippen LogP contribution in [0.5, 0.6) is 17.2 Å². The first kappa shape index (κ1) is 25.1. The zero-order valence-corrected chi connectivity index (χ0v) is 20.1. The van der Waals surface area contributed by atoms with Crippen LogP contribution in [-0.4, -0.2) is 63.4 Å². The number of carbonyl (C=O) groups excluding carboxylic acids is 2. The number of rotatable bonds is 9. The van der Waals surface area contributed by atoms with Gasteiger partial charge < -0.3 is 33.0 Å². The molecule has 4 rings (SSSR count). The zero-order valence-electron chi connectivity index (χ0n) is 20.1. The van der Waals surface area contributed by atoms with Gasteiger partial charge in [-0.3, -0.25) is 4.79 Å². The van der Waals surface area contributed by atoms with Crippen LogP contribution in [0.1, 0.15) is 22.8 Å². The van der Waals surface area contributed by atoms with E-state index >= 15 is 0 Å². The standard InChI is InChI=1S/C26H27NO9/c1-3-33-23-12-17(4-7-21(23)34-16-24(28)27-8-10-32-11-9-27)26(30)35-15-18-13-25(29)36-22-14-19(31-2)5-6-20(18)22/h4-7,12-14H,3,8-11,15-16H2,1-2H3. The molecule has 1 saturated heterocycles. The Balaban J connectivity index is 1.44. The first-order valence-corrected chi connectivity index (χ1v) is 11.5. The molecule has 1 aromatic heterocycles. The van der Waals surface area contributed by atoms with Gasteiger partial charge in [-0.25, -0.2) is 9.59 Å². The highest BCUT2D eigenvalue weighted by Crippen LogP contribution is 2.29. The quantitative estimate of drug-likeness (QED) is 0.325. The molecule has 0 aliphatic carbocycles. The Labute approximate surface area is 207 Å². The molecule has 2 aromatic carbocycles. The number of benzene rings is 2. The lowest BCUT2D eigenvalue weighted by molar-refractivity contribution is -0.137. The minimum atomic E-state index is -0.609. The lowest BCUT2D eigenvalue weighted by Crippen LogP contribution is -2.43. The van der Waals surface area contributed by atoms with Crippen LogP contribution in [0.4, 0.5) is 0 Å². The van der Waals surface area contributed by atoms with E-state index in [2.05, 4.69) is 0 Å². The number of amides is 1. The molecule has 10 heteroatoms. The van der Waals surface area contributed by atoms with Gasteiger partial charge in [0.2, 0.25) is 0 Å². The van der Waals surface area contributed by atoms with E-state index < -0.39 is 11.6 Å². The highest BCUT2D eigenvalue weighted by atomic mass is 16.5. The molecule has 1 amide bonds. The summed E-state index contributed by atoms with van der Waals surface area (Å²) < 4.78 is 32.4. The van der Waals surface area contributed by atoms with E-state index in [4.69, 9.17) is 28.1 Å². The van der Waals surface area contributed by atoms with E-state index in [1.807, 2.05) is 0 Å². The summed E-state index contributed by atoms with van der Waals surface area (Å²) in [5.74, 6) is 0.440. The number of nitrogens with zero attached hydrogens (tertiary/aromatic N) is 1. The van der Waals surface area contributed by atoms with Crippen LogP contribution in [0.25, 0.3) is 11.0 Å². The molecule has 36 heavy (non-hydrogen) atoms. The van der Waals surface area contributed by atoms with Crippen LogP contribution < -0.4 is 19.8 Å². The number of hydrogen-bond acceptors (Lipinski definition) is 9. The maximum Gasteiger partial charge on any atom is 0.338 e. The maximum absolute atomic E-state index is 12.8. The number of carbonyl (C=O) groups is 2. The van der Waals surface area contributed by atoms with Gasteiger partial charge in [0.15, 0.2) is 18.1 Å². The Hall–Kier alpha value is -4.05. The highest BCUT2D eigenvalue weighted by Gasteiger charge is 2.19. The molecule has 0 unspecified atom stereocenters. The number of fused-ring (bicyclic) bond motifs is 1. The fourth-order valence-electron chi connectivity index (χ4n) is 3.75. The molecule has 3 aromatic rings. The third kappa shape index (κ3) is 5.95. The molecule has 0 radical (unpaired) electrons. The predicted molar refractivity (Wildman–Crippen MR) is 129 cm³/mol. The molecule has 1 aliphatic heterocycles. The van der Waals surface area contributed by atoms with Crippen molar-refractivity contribution in [2.75, 3.05) is 46.6 Å². The van der Waals surface area contributed by atoms with Crippen LogP contribution in [0.2, 0.25) is 0 Å². The molecule has 0 bridgehead atoms. The summed E-state index contributed by atoms with van der Waals surface area (Å²) in [4.78, 5) is 38.8. The van der Waals surface area contributed by atoms with E-state index in [9.17, 15) is 14.4 Å². The first-order chi connectivity index (χ1) is 17.5. The Bertz CT molecular complexity index is 1290. The molecule has 190 valence electrons. The van der Waals surface area contributed by atoms with Crippen molar-refractivity contribution in [1.29, 1.82) is 0 Å². The van der Waals surface area contributed by atoms with Gasteiger partial charge in [-0.1, -0.05) is 0 Å². The van der Waals surface area contributed by atoms with Crippen molar-refractivity contribution in [3.05, 3.63) is 64.0 Å². The summed E-state index contributed by atoms with van der Waals surface area (Å²) >= 11 is 0. The first-order valence-electron chi connectivity index (χ1n) is 11.5. The molecule has 2 heterocycles. The minimum Gasteiger partial charge on any atom is -0.497 e. The van der Waals surface area contributed by atoms with Crippen molar-refractivity contribution in [3.63, 3.8) is 0 Å². The van der Waals surface area contributed by atoms with Gasteiger partial charge >= 0.3 is 11.6 Å². The smallest absolute Gasteiger partial charge is 0.338 e. The van der Waals surface area contributed by atoms with E-state index in [1.54, 1.807) is 36.1 Å².